The summed E-state index contributed by atoms with van der Waals surface area (Å²) in [7, 11) is 0. The molecule has 4 atom stereocenters. The van der Waals surface area contributed by atoms with E-state index in [-0.39, 0.29) is 10.6 Å². The Morgan fingerprint density at radius 1 is 1.31 bits per heavy atom. The predicted molar refractivity (Wildman–Crippen MR) is 62.9 cm³/mol. The summed E-state index contributed by atoms with van der Waals surface area (Å²) in [6.45, 7) is -0.760. The number of carbonyl (C=O) groups is 1. The van der Waals surface area contributed by atoms with Gasteiger partial charge in [0.25, 0.3) is 0 Å². The van der Waals surface area contributed by atoms with E-state index in [1.54, 1.807) is 0 Å². The molecule has 0 aromatic heterocycles. The minimum atomic E-state index is -1.79. The van der Waals surface area contributed by atoms with E-state index in [1.165, 1.54) is 0 Å². The highest BCUT2D eigenvalue weighted by molar-refractivity contribution is 8.10. The summed E-state index contributed by atoms with van der Waals surface area (Å²) in [6.07, 6.45) is -6.84. The van der Waals surface area contributed by atoms with Crippen LogP contribution in [0.15, 0.2) is 0 Å². The van der Waals surface area contributed by atoms with E-state index in [9.17, 15) is 4.79 Å². The summed E-state index contributed by atoms with van der Waals surface area (Å²) < 4.78 is 0.194. The van der Waals surface area contributed by atoms with Crippen molar-refractivity contribution in [3.63, 3.8) is 0 Å². The van der Waals surface area contributed by atoms with E-state index in [0.29, 0.717) is 0 Å². The van der Waals surface area contributed by atoms with E-state index in [2.05, 4.69) is 24.8 Å². The molecular weight excluding hydrogens is 258 g/mol. The Kier molecular flexibility index (Phi) is 11.2. The number of aliphatic hydroxyl groups excluding tert-OH is 5. The topological polar surface area (TPSA) is 144 Å². The third-order valence-corrected chi connectivity index (χ3v) is 1.42. The number of hydrogen-bond acceptors (Lipinski definition) is 7. The summed E-state index contributed by atoms with van der Waals surface area (Å²) >= 11 is 7.65. The summed E-state index contributed by atoms with van der Waals surface area (Å²) in [5.74, 6) is 0. The number of hydrogen-bond donors (Lipinski definition) is 7. The lowest BCUT2D eigenvalue weighted by molar-refractivity contribution is -0.136. The molecule has 0 heterocycles. The van der Waals surface area contributed by atoms with E-state index in [4.69, 9.17) is 31.3 Å². The second-order valence-corrected chi connectivity index (χ2v) is 3.92. The van der Waals surface area contributed by atoms with Crippen molar-refractivity contribution in [2.45, 2.75) is 24.4 Å². The van der Waals surface area contributed by atoms with Gasteiger partial charge in [-0.05, 0) is 0 Å². The zero-order chi connectivity index (χ0) is 13.3. The fourth-order valence-electron chi connectivity index (χ4n) is 0.618. The molecule has 0 saturated heterocycles. The van der Waals surface area contributed by atoms with Crippen LogP contribution in [-0.4, -0.2) is 67.2 Å². The Morgan fingerprint density at radius 3 is 1.94 bits per heavy atom. The first-order valence-corrected chi connectivity index (χ1v) is 4.90. The van der Waals surface area contributed by atoms with Crippen LogP contribution < -0.4 is 5.73 Å². The molecule has 0 aliphatic rings. The minimum Gasteiger partial charge on any atom is -0.394 e. The Bertz CT molecular complexity index is 213. The molecule has 0 spiro atoms. The maximum Gasteiger partial charge on any atom is 0.151 e. The highest BCUT2D eigenvalue weighted by Crippen LogP contribution is 2.02. The fourth-order valence-corrected chi connectivity index (χ4v) is 0.618. The largest absolute Gasteiger partial charge is 0.394 e. The quantitative estimate of drug-likeness (QED) is 0.157. The van der Waals surface area contributed by atoms with Gasteiger partial charge in [0.15, 0.2) is 6.29 Å². The highest BCUT2D eigenvalue weighted by Gasteiger charge is 2.29. The molecule has 0 aliphatic carbocycles. The van der Waals surface area contributed by atoms with Crippen LogP contribution in [0.4, 0.5) is 0 Å². The van der Waals surface area contributed by atoms with Crippen LogP contribution in [0.3, 0.4) is 0 Å². The second kappa shape index (κ2) is 9.90. The first-order valence-electron chi connectivity index (χ1n) is 4.04. The molecule has 0 aliphatic heterocycles. The molecular formula is C7H15NO6S2. The molecule has 9 heteroatoms. The van der Waals surface area contributed by atoms with Crippen LogP contribution >= 0.6 is 24.8 Å². The fraction of sp³-hybridized carbons (Fsp3) is 0.714. The molecule has 16 heavy (non-hydrogen) atoms. The molecule has 0 aromatic carbocycles. The lowest BCUT2D eigenvalue weighted by atomic mass is 10.0. The summed E-state index contributed by atoms with van der Waals surface area (Å²) in [5, 5.41) is 43.5. The molecule has 0 fully saturated rings. The molecule has 7 N–H and O–H groups in total. The molecule has 7 nitrogen and oxygen atoms in total. The summed E-state index contributed by atoms with van der Waals surface area (Å²) in [5.41, 5.74) is 4.71. The van der Waals surface area contributed by atoms with Gasteiger partial charge in [-0.1, -0.05) is 12.2 Å². The van der Waals surface area contributed by atoms with Gasteiger partial charge >= 0.3 is 0 Å². The van der Waals surface area contributed by atoms with Crippen LogP contribution in [0.1, 0.15) is 0 Å². The van der Waals surface area contributed by atoms with Crippen molar-refractivity contribution in [3.05, 3.63) is 0 Å². The van der Waals surface area contributed by atoms with Gasteiger partial charge in [0.1, 0.15) is 28.7 Å². The van der Waals surface area contributed by atoms with Crippen LogP contribution in [0.2, 0.25) is 0 Å². The van der Waals surface area contributed by atoms with Gasteiger partial charge in [-0.15, -0.1) is 12.6 Å². The van der Waals surface area contributed by atoms with E-state index >= 15 is 0 Å². The lowest BCUT2D eigenvalue weighted by Gasteiger charge is -2.22. The molecule has 0 bridgehead atoms. The van der Waals surface area contributed by atoms with Gasteiger partial charge in [-0.2, -0.15) is 0 Å². The van der Waals surface area contributed by atoms with Crippen LogP contribution in [0.25, 0.3) is 0 Å². The normalized spacial score (nSPS) is 17.4. The Labute approximate surface area is 103 Å². The number of aliphatic hydroxyl groups is 5. The van der Waals surface area contributed by atoms with Crippen molar-refractivity contribution < 1.29 is 30.3 Å². The molecule has 0 rings (SSSR count). The minimum absolute atomic E-state index is 0.0258. The van der Waals surface area contributed by atoms with Crippen LogP contribution in [0.5, 0.6) is 0 Å². The monoisotopic (exact) mass is 273 g/mol. The van der Waals surface area contributed by atoms with Crippen molar-refractivity contribution in [3.8, 4) is 0 Å². The average molecular weight is 273 g/mol. The van der Waals surface area contributed by atoms with Crippen molar-refractivity contribution in [1.82, 2.24) is 0 Å². The lowest BCUT2D eigenvalue weighted by Crippen LogP contribution is -2.46. The van der Waals surface area contributed by atoms with Crippen molar-refractivity contribution >= 4 is 35.5 Å². The molecule has 0 radical (unpaired) electrons. The number of carbonyl (C=O) groups excluding carboxylic acids is 1. The van der Waals surface area contributed by atoms with Crippen LogP contribution in [-0.2, 0) is 4.79 Å². The number of aldehydes is 1. The Hall–Kier alpha value is -0.290. The van der Waals surface area contributed by atoms with Crippen molar-refractivity contribution in [2.24, 2.45) is 5.73 Å². The van der Waals surface area contributed by atoms with Gasteiger partial charge in [0.05, 0.1) is 6.61 Å². The number of thiol groups is 1. The SMILES string of the molecule is NC(=S)S.O=CC(O)C(O)C(O)C(O)CO. The maximum atomic E-state index is 9.90. The first-order chi connectivity index (χ1) is 7.27. The summed E-state index contributed by atoms with van der Waals surface area (Å²) in [4.78, 5) is 9.90. The zero-order valence-electron chi connectivity index (χ0n) is 8.17. The highest BCUT2D eigenvalue weighted by atomic mass is 32.1. The number of nitrogens with two attached hydrogens (primary N) is 1. The summed E-state index contributed by atoms with van der Waals surface area (Å²) in [6, 6.07) is 0. The Balaban J connectivity index is 0. The molecule has 0 saturated carbocycles. The van der Waals surface area contributed by atoms with Gasteiger partial charge in [0, 0.05) is 0 Å². The van der Waals surface area contributed by atoms with Gasteiger partial charge in [0.2, 0.25) is 0 Å². The third kappa shape index (κ3) is 8.97. The van der Waals surface area contributed by atoms with E-state index in [0.717, 1.165) is 0 Å². The van der Waals surface area contributed by atoms with Gasteiger partial charge in [-0.25, -0.2) is 0 Å². The van der Waals surface area contributed by atoms with E-state index < -0.39 is 31.0 Å². The molecule has 0 amide bonds. The number of thiocarbonyl (C=S) groups is 1. The van der Waals surface area contributed by atoms with Gasteiger partial charge < -0.3 is 36.1 Å². The van der Waals surface area contributed by atoms with Gasteiger partial charge in [-0.3, -0.25) is 0 Å². The standard InChI is InChI=1S/C6H12O6.CH3NS2/c7-1-3(9)5(11)6(12)4(10)2-8;2-1(3)4/h1,3-6,8-12H,2H2;(H3,2,3,4). The zero-order valence-corrected chi connectivity index (χ0v) is 9.88. The van der Waals surface area contributed by atoms with E-state index in [1.807, 2.05) is 0 Å². The average Bonchev–Trinajstić information content (AvgIpc) is 2.24. The van der Waals surface area contributed by atoms with Crippen molar-refractivity contribution in [1.29, 1.82) is 0 Å². The molecule has 4 unspecified atom stereocenters. The van der Waals surface area contributed by atoms with Crippen molar-refractivity contribution in [2.75, 3.05) is 6.61 Å². The smallest absolute Gasteiger partial charge is 0.151 e. The predicted octanol–water partition coefficient (Wildman–Crippen LogP) is -3.22. The Morgan fingerprint density at radius 2 is 1.69 bits per heavy atom. The molecule has 0 aromatic rings. The molecule has 96 valence electrons. The second-order valence-electron chi connectivity index (χ2n) is 2.70. The first kappa shape index (κ1) is 18.1. The van der Waals surface area contributed by atoms with Crippen LogP contribution in [0, 0.1) is 0 Å². The third-order valence-electron chi connectivity index (χ3n) is 1.42. The maximum absolute atomic E-state index is 9.90. The number of rotatable bonds is 5.